The van der Waals surface area contributed by atoms with Crippen LogP contribution in [0, 0.1) is 5.92 Å². The number of aromatic nitrogens is 2. The molecule has 3 heterocycles. The fraction of sp³-hybridized carbons (Fsp3) is 0.440. The van der Waals surface area contributed by atoms with Gasteiger partial charge in [0, 0.05) is 62.1 Å². The summed E-state index contributed by atoms with van der Waals surface area (Å²) in [6, 6.07) is 9.94. The fourth-order valence-corrected chi connectivity index (χ4v) is 4.79. The van der Waals surface area contributed by atoms with Crippen LogP contribution in [-0.4, -0.2) is 64.2 Å². The van der Waals surface area contributed by atoms with Gasteiger partial charge in [-0.05, 0) is 48.7 Å². The molecule has 1 saturated heterocycles. The van der Waals surface area contributed by atoms with Crippen LogP contribution in [0.2, 0.25) is 0 Å². The molecule has 0 radical (unpaired) electrons. The number of piperazine rings is 1. The molecule has 1 fully saturated rings. The van der Waals surface area contributed by atoms with E-state index in [0.717, 1.165) is 43.7 Å². The molecule has 2 aliphatic heterocycles. The number of carbonyl (C=O) groups is 1. The number of phenols is 1. The van der Waals surface area contributed by atoms with E-state index in [4.69, 9.17) is 0 Å². The zero-order valence-electron chi connectivity index (χ0n) is 19.1. The molecule has 2 aromatic carbocycles. The van der Waals surface area contributed by atoms with Crippen molar-refractivity contribution in [2.24, 2.45) is 5.92 Å². The largest absolute Gasteiger partial charge is 0.507 e. The zero-order valence-corrected chi connectivity index (χ0v) is 19.1. The fourth-order valence-electron chi connectivity index (χ4n) is 4.79. The van der Waals surface area contributed by atoms with Crippen molar-refractivity contribution in [3.05, 3.63) is 52.7 Å². The second kappa shape index (κ2) is 8.13. The molecule has 0 atom stereocenters. The molecule has 5 rings (SSSR count). The molecule has 3 aromatic rings. The normalized spacial score (nSPS) is 16.9. The number of fused-ring (bicyclic) bond motifs is 2. The molecule has 32 heavy (non-hydrogen) atoms. The Morgan fingerprint density at radius 1 is 1.09 bits per heavy atom. The summed E-state index contributed by atoms with van der Waals surface area (Å²) in [4.78, 5) is 20.0. The minimum atomic E-state index is -0.140. The van der Waals surface area contributed by atoms with Crippen molar-refractivity contribution >= 4 is 22.5 Å². The number of rotatable bonds is 4. The number of aromatic amines is 1. The van der Waals surface area contributed by atoms with Gasteiger partial charge in [0.1, 0.15) is 5.75 Å². The molecule has 7 heteroatoms. The number of hydrogen-bond acceptors (Lipinski definition) is 5. The topological polar surface area (TPSA) is 75.7 Å². The number of anilines is 1. The molecular weight excluding hydrogens is 402 g/mol. The molecule has 2 aliphatic rings. The second-order valence-corrected chi connectivity index (χ2v) is 9.59. The average Bonchev–Trinajstić information content (AvgIpc) is 3.36. The van der Waals surface area contributed by atoms with Crippen molar-refractivity contribution in [1.29, 1.82) is 0 Å². The van der Waals surface area contributed by atoms with Gasteiger partial charge in [0.2, 0.25) is 0 Å². The van der Waals surface area contributed by atoms with Crippen molar-refractivity contribution in [3.8, 4) is 5.75 Å². The van der Waals surface area contributed by atoms with Crippen LogP contribution < -0.4 is 4.90 Å². The highest BCUT2D eigenvalue weighted by Crippen LogP contribution is 2.32. The first kappa shape index (κ1) is 20.8. The maximum Gasteiger partial charge on any atom is 0.258 e. The first-order valence-corrected chi connectivity index (χ1v) is 11.4. The summed E-state index contributed by atoms with van der Waals surface area (Å²) in [5, 5.41) is 18.9. The SMILES string of the molecule is CC(C)Cc1[nH]nc2cc(O)c(C(=O)N3Cc4ccc(N5CCN(C)CC5)cc4C3)cc12. The average molecular weight is 434 g/mol. The number of carbonyl (C=O) groups excluding carboxylic acids is 1. The standard InChI is InChI=1S/C25H31N5O2/c1-16(2)10-22-20-12-21(24(31)13-23(20)27-26-22)25(32)30-14-17-4-5-19(11-18(17)15-30)29-8-6-28(3)7-9-29/h4-5,11-13,16,31H,6-10,14-15H2,1-3H3,(H,26,27). The van der Waals surface area contributed by atoms with Gasteiger partial charge in [0.15, 0.2) is 0 Å². The highest BCUT2D eigenvalue weighted by molar-refractivity contribution is 6.01. The molecule has 0 spiro atoms. The van der Waals surface area contributed by atoms with Crippen LogP contribution in [0.5, 0.6) is 5.75 Å². The monoisotopic (exact) mass is 433 g/mol. The lowest BCUT2D eigenvalue weighted by Gasteiger charge is -2.34. The Morgan fingerprint density at radius 3 is 2.59 bits per heavy atom. The van der Waals surface area contributed by atoms with Gasteiger partial charge in [0.05, 0.1) is 11.1 Å². The number of phenolic OH excluding ortho intramolecular Hbond substituents is 1. The van der Waals surface area contributed by atoms with E-state index >= 15 is 0 Å². The van der Waals surface area contributed by atoms with E-state index in [1.807, 2.05) is 4.90 Å². The molecule has 0 unspecified atom stereocenters. The molecule has 0 bridgehead atoms. The summed E-state index contributed by atoms with van der Waals surface area (Å²) in [6.45, 7) is 9.61. The third-order valence-electron chi connectivity index (χ3n) is 6.66. The third kappa shape index (κ3) is 3.81. The van der Waals surface area contributed by atoms with Gasteiger partial charge in [0.25, 0.3) is 5.91 Å². The number of benzene rings is 2. The van der Waals surface area contributed by atoms with Gasteiger partial charge in [-0.3, -0.25) is 9.89 Å². The van der Waals surface area contributed by atoms with Gasteiger partial charge in [-0.15, -0.1) is 0 Å². The van der Waals surface area contributed by atoms with E-state index in [1.165, 1.54) is 16.8 Å². The molecule has 1 aromatic heterocycles. The maximum atomic E-state index is 13.4. The van der Waals surface area contributed by atoms with E-state index < -0.39 is 0 Å². The predicted octanol–water partition coefficient (Wildman–Crippen LogP) is 3.37. The van der Waals surface area contributed by atoms with Crippen molar-refractivity contribution in [1.82, 2.24) is 20.0 Å². The van der Waals surface area contributed by atoms with E-state index in [9.17, 15) is 9.90 Å². The van der Waals surface area contributed by atoms with Gasteiger partial charge >= 0.3 is 0 Å². The van der Waals surface area contributed by atoms with Crippen molar-refractivity contribution < 1.29 is 9.90 Å². The summed E-state index contributed by atoms with van der Waals surface area (Å²) in [6.07, 6.45) is 0.846. The van der Waals surface area contributed by atoms with Crippen LogP contribution in [0.25, 0.3) is 10.9 Å². The Labute approximate surface area is 188 Å². The Balaban J connectivity index is 1.37. The number of amides is 1. The van der Waals surface area contributed by atoms with Gasteiger partial charge in [-0.25, -0.2) is 0 Å². The highest BCUT2D eigenvalue weighted by Gasteiger charge is 2.28. The van der Waals surface area contributed by atoms with Crippen LogP contribution >= 0.6 is 0 Å². The summed E-state index contributed by atoms with van der Waals surface area (Å²) >= 11 is 0. The number of nitrogens with zero attached hydrogens (tertiary/aromatic N) is 4. The van der Waals surface area contributed by atoms with E-state index in [-0.39, 0.29) is 11.7 Å². The van der Waals surface area contributed by atoms with Crippen LogP contribution in [0.15, 0.2) is 30.3 Å². The minimum absolute atomic E-state index is 0.0146. The first-order chi connectivity index (χ1) is 15.4. The molecular formula is C25H31N5O2. The van der Waals surface area contributed by atoms with Crippen molar-refractivity contribution in [3.63, 3.8) is 0 Å². The number of likely N-dealkylation sites (N-methyl/N-ethyl adjacent to an activating group) is 1. The Kier molecular flexibility index (Phi) is 5.29. The zero-order chi connectivity index (χ0) is 22.4. The number of hydrogen-bond donors (Lipinski definition) is 2. The van der Waals surface area contributed by atoms with E-state index in [1.54, 1.807) is 12.1 Å². The van der Waals surface area contributed by atoms with Crippen molar-refractivity contribution in [2.75, 3.05) is 38.1 Å². The van der Waals surface area contributed by atoms with E-state index in [2.05, 4.69) is 59.1 Å². The summed E-state index contributed by atoms with van der Waals surface area (Å²) in [5.41, 5.74) is 5.64. The molecule has 0 aliphatic carbocycles. The van der Waals surface area contributed by atoms with Gasteiger partial charge in [-0.2, -0.15) is 5.10 Å². The quantitative estimate of drug-likeness (QED) is 0.660. The van der Waals surface area contributed by atoms with E-state index in [0.29, 0.717) is 30.1 Å². The summed E-state index contributed by atoms with van der Waals surface area (Å²) in [7, 11) is 2.16. The highest BCUT2D eigenvalue weighted by atomic mass is 16.3. The second-order valence-electron chi connectivity index (χ2n) is 9.59. The van der Waals surface area contributed by atoms with Crippen LogP contribution in [0.4, 0.5) is 5.69 Å². The lowest BCUT2D eigenvalue weighted by Crippen LogP contribution is -2.44. The maximum absolute atomic E-state index is 13.4. The lowest BCUT2D eigenvalue weighted by molar-refractivity contribution is 0.0748. The molecule has 0 saturated carbocycles. The van der Waals surface area contributed by atoms with Crippen LogP contribution in [0.1, 0.15) is 41.0 Å². The number of nitrogens with one attached hydrogen (secondary N) is 1. The molecule has 2 N–H and O–H groups in total. The van der Waals surface area contributed by atoms with Gasteiger partial charge < -0.3 is 19.8 Å². The third-order valence-corrected chi connectivity index (χ3v) is 6.66. The smallest absolute Gasteiger partial charge is 0.258 e. The van der Waals surface area contributed by atoms with Gasteiger partial charge in [-0.1, -0.05) is 19.9 Å². The summed E-state index contributed by atoms with van der Waals surface area (Å²) < 4.78 is 0. The van der Waals surface area contributed by atoms with Crippen LogP contribution in [0.3, 0.4) is 0 Å². The first-order valence-electron chi connectivity index (χ1n) is 11.4. The Morgan fingerprint density at radius 2 is 1.84 bits per heavy atom. The Hall–Kier alpha value is -3.06. The molecule has 168 valence electrons. The summed E-state index contributed by atoms with van der Waals surface area (Å²) in [5.74, 6) is 0.312. The number of H-pyrrole nitrogens is 1. The lowest BCUT2D eigenvalue weighted by atomic mass is 10.0. The van der Waals surface area contributed by atoms with Crippen LogP contribution in [-0.2, 0) is 19.5 Å². The number of aromatic hydroxyl groups is 1. The van der Waals surface area contributed by atoms with Crippen molar-refractivity contribution in [2.45, 2.75) is 33.4 Å². The minimum Gasteiger partial charge on any atom is -0.507 e. The molecule has 1 amide bonds. The predicted molar refractivity (Wildman–Crippen MR) is 126 cm³/mol. The molecule has 7 nitrogen and oxygen atoms in total. The Bertz CT molecular complexity index is 1160.